The third-order valence-electron chi connectivity index (χ3n) is 2.56. The van der Waals surface area contributed by atoms with Crippen LogP contribution >= 0.6 is 22.7 Å². The van der Waals surface area contributed by atoms with Crippen molar-refractivity contribution in [2.75, 3.05) is 0 Å². The Bertz CT molecular complexity index is 429. The SMILES string of the molecule is CCC(C)(N)c1csc(-c2cccs2)n1. The molecule has 1 unspecified atom stereocenters. The van der Waals surface area contributed by atoms with Crippen LogP contribution in [-0.2, 0) is 5.54 Å². The minimum Gasteiger partial charge on any atom is -0.320 e. The summed E-state index contributed by atoms with van der Waals surface area (Å²) in [5, 5.41) is 5.21. The number of hydrogen-bond acceptors (Lipinski definition) is 4. The highest BCUT2D eigenvalue weighted by Gasteiger charge is 2.22. The van der Waals surface area contributed by atoms with Gasteiger partial charge in [0.05, 0.1) is 16.1 Å². The molecular weight excluding hydrogens is 224 g/mol. The Morgan fingerprint density at radius 1 is 1.47 bits per heavy atom. The molecule has 2 aromatic heterocycles. The van der Waals surface area contributed by atoms with Gasteiger partial charge in [-0.2, -0.15) is 0 Å². The lowest BCUT2D eigenvalue weighted by Crippen LogP contribution is -2.32. The molecule has 0 fully saturated rings. The maximum absolute atomic E-state index is 6.15. The van der Waals surface area contributed by atoms with E-state index in [1.807, 2.05) is 13.0 Å². The summed E-state index contributed by atoms with van der Waals surface area (Å²) >= 11 is 3.38. The molecule has 0 spiro atoms. The van der Waals surface area contributed by atoms with Crippen molar-refractivity contribution in [2.45, 2.75) is 25.8 Å². The van der Waals surface area contributed by atoms with Crippen LogP contribution in [0, 0.1) is 0 Å². The average Bonchev–Trinajstić information content (AvgIpc) is 2.88. The zero-order valence-electron chi connectivity index (χ0n) is 8.86. The molecule has 2 rings (SSSR count). The zero-order valence-corrected chi connectivity index (χ0v) is 10.5. The molecule has 0 bridgehead atoms. The first-order valence-electron chi connectivity index (χ1n) is 4.92. The molecule has 2 aromatic rings. The molecule has 15 heavy (non-hydrogen) atoms. The Morgan fingerprint density at radius 2 is 2.27 bits per heavy atom. The van der Waals surface area contributed by atoms with Crippen molar-refractivity contribution in [1.29, 1.82) is 0 Å². The summed E-state index contributed by atoms with van der Waals surface area (Å²) in [6.45, 7) is 4.12. The molecule has 0 saturated carbocycles. The van der Waals surface area contributed by atoms with E-state index in [0.29, 0.717) is 0 Å². The highest BCUT2D eigenvalue weighted by molar-refractivity contribution is 7.20. The molecule has 80 valence electrons. The fraction of sp³-hybridized carbons (Fsp3) is 0.364. The molecule has 4 heteroatoms. The van der Waals surface area contributed by atoms with E-state index in [9.17, 15) is 0 Å². The van der Waals surface area contributed by atoms with Gasteiger partial charge >= 0.3 is 0 Å². The Kier molecular flexibility index (Phi) is 2.91. The van der Waals surface area contributed by atoms with Gasteiger partial charge in [0, 0.05) is 5.38 Å². The van der Waals surface area contributed by atoms with Crippen LogP contribution in [0.2, 0.25) is 0 Å². The number of thiophene rings is 1. The number of aromatic nitrogens is 1. The van der Waals surface area contributed by atoms with Gasteiger partial charge in [-0.05, 0) is 24.8 Å². The summed E-state index contributed by atoms with van der Waals surface area (Å²) < 4.78 is 0. The first-order valence-corrected chi connectivity index (χ1v) is 6.68. The Labute approximate surface area is 97.8 Å². The Morgan fingerprint density at radius 3 is 2.87 bits per heavy atom. The summed E-state index contributed by atoms with van der Waals surface area (Å²) in [5.74, 6) is 0. The summed E-state index contributed by atoms with van der Waals surface area (Å²) in [7, 11) is 0. The van der Waals surface area contributed by atoms with Gasteiger partial charge in [0.2, 0.25) is 0 Å². The predicted octanol–water partition coefficient (Wildman–Crippen LogP) is 3.46. The van der Waals surface area contributed by atoms with Crippen LogP contribution in [0.3, 0.4) is 0 Å². The largest absolute Gasteiger partial charge is 0.320 e. The van der Waals surface area contributed by atoms with E-state index in [4.69, 9.17) is 5.73 Å². The van der Waals surface area contributed by atoms with E-state index in [1.54, 1.807) is 22.7 Å². The number of nitrogens with two attached hydrogens (primary N) is 1. The first kappa shape index (κ1) is 10.8. The minimum absolute atomic E-state index is 0.300. The lowest BCUT2D eigenvalue weighted by molar-refractivity contribution is 0.465. The van der Waals surface area contributed by atoms with E-state index >= 15 is 0 Å². The first-order chi connectivity index (χ1) is 7.13. The molecule has 2 heterocycles. The topological polar surface area (TPSA) is 38.9 Å². The van der Waals surface area contributed by atoms with Crippen LogP contribution in [0.15, 0.2) is 22.9 Å². The highest BCUT2D eigenvalue weighted by Crippen LogP contribution is 2.31. The number of hydrogen-bond donors (Lipinski definition) is 1. The molecule has 2 N–H and O–H groups in total. The second-order valence-corrected chi connectivity index (χ2v) is 5.59. The van der Waals surface area contributed by atoms with Crippen LogP contribution in [0.1, 0.15) is 26.0 Å². The lowest BCUT2D eigenvalue weighted by atomic mass is 9.97. The molecule has 0 aliphatic heterocycles. The molecule has 0 aromatic carbocycles. The van der Waals surface area contributed by atoms with Gasteiger partial charge < -0.3 is 5.73 Å². The van der Waals surface area contributed by atoms with E-state index in [-0.39, 0.29) is 5.54 Å². The van der Waals surface area contributed by atoms with Crippen LogP contribution in [-0.4, -0.2) is 4.98 Å². The van der Waals surface area contributed by atoms with Crippen molar-refractivity contribution in [3.05, 3.63) is 28.6 Å². The number of nitrogens with zero attached hydrogens (tertiary/aromatic N) is 1. The van der Waals surface area contributed by atoms with Crippen molar-refractivity contribution < 1.29 is 0 Å². The maximum atomic E-state index is 6.15. The average molecular weight is 238 g/mol. The zero-order chi connectivity index (χ0) is 10.9. The van der Waals surface area contributed by atoms with Gasteiger partial charge in [-0.3, -0.25) is 0 Å². The molecule has 0 amide bonds. The van der Waals surface area contributed by atoms with E-state index in [2.05, 4.69) is 28.7 Å². The number of thiazole rings is 1. The second-order valence-electron chi connectivity index (χ2n) is 3.79. The highest BCUT2D eigenvalue weighted by atomic mass is 32.1. The van der Waals surface area contributed by atoms with Crippen LogP contribution in [0.25, 0.3) is 9.88 Å². The van der Waals surface area contributed by atoms with E-state index < -0.39 is 0 Å². The fourth-order valence-electron chi connectivity index (χ4n) is 1.23. The van der Waals surface area contributed by atoms with Crippen LogP contribution < -0.4 is 5.73 Å². The number of rotatable bonds is 3. The fourth-order valence-corrected chi connectivity index (χ4v) is 3.01. The molecule has 0 saturated heterocycles. The maximum Gasteiger partial charge on any atom is 0.133 e. The van der Waals surface area contributed by atoms with Crippen molar-refractivity contribution in [3.63, 3.8) is 0 Å². The predicted molar refractivity (Wildman–Crippen MR) is 67.3 cm³/mol. The van der Waals surface area contributed by atoms with Gasteiger partial charge in [-0.25, -0.2) is 4.98 Å². The normalized spacial score (nSPS) is 15.1. The molecular formula is C11H14N2S2. The molecule has 0 aliphatic carbocycles. The molecule has 0 aliphatic rings. The van der Waals surface area contributed by atoms with Gasteiger partial charge in [0.15, 0.2) is 0 Å². The monoisotopic (exact) mass is 238 g/mol. The second kappa shape index (κ2) is 4.04. The smallest absolute Gasteiger partial charge is 0.133 e. The summed E-state index contributed by atoms with van der Waals surface area (Å²) in [4.78, 5) is 5.82. The lowest BCUT2D eigenvalue weighted by Gasteiger charge is -2.19. The molecule has 1 atom stereocenters. The van der Waals surface area contributed by atoms with Crippen LogP contribution in [0.4, 0.5) is 0 Å². The van der Waals surface area contributed by atoms with Gasteiger partial charge in [-0.1, -0.05) is 13.0 Å². The van der Waals surface area contributed by atoms with Gasteiger partial charge in [0.1, 0.15) is 5.01 Å². The molecule has 2 nitrogen and oxygen atoms in total. The van der Waals surface area contributed by atoms with Crippen molar-refractivity contribution in [3.8, 4) is 9.88 Å². The van der Waals surface area contributed by atoms with E-state index in [0.717, 1.165) is 17.1 Å². The third kappa shape index (κ3) is 2.12. The summed E-state index contributed by atoms with van der Waals surface area (Å²) in [5.41, 5.74) is 6.85. The van der Waals surface area contributed by atoms with Crippen LogP contribution in [0.5, 0.6) is 0 Å². The van der Waals surface area contributed by atoms with E-state index in [1.165, 1.54) is 4.88 Å². The summed E-state index contributed by atoms with van der Waals surface area (Å²) in [6.07, 6.45) is 0.903. The Hall–Kier alpha value is -0.710. The van der Waals surface area contributed by atoms with Crippen molar-refractivity contribution in [2.24, 2.45) is 5.73 Å². The van der Waals surface area contributed by atoms with Gasteiger partial charge in [-0.15, -0.1) is 22.7 Å². The van der Waals surface area contributed by atoms with Crippen molar-refractivity contribution in [1.82, 2.24) is 4.98 Å². The standard InChI is InChI=1S/C11H14N2S2/c1-3-11(2,12)9-7-15-10(13-9)8-5-4-6-14-8/h4-7H,3,12H2,1-2H3. The molecule has 0 radical (unpaired) electrons. The quantitative estimate of drug-likeness (QED) is 0.889. The minimum atomic E-state index is -0.300. The summed E-state index contributed by atoms with van der Waals surface area (Å²) in [6, 6.07) is 4.13. The van der Waals surface area contributed by atoms with Gasteiger partial charge in [0.25, 0.3) is 0 Å². The van der Waals surface area contributed by atoms with Crippen molar-refractivity contribution >= 4 is 22.7 Å². The Balaban J connectivity index is 2.33. The third-order valence-corrected chi connectivity index (χ3v) is 4.44.